The van der Waals surface area contributed by atoms with Gasteiger partial charge in [-0.05, 0) is 24.8 Å². The van der Waals surface area contributed by atoms with Crippen molar-refractivity contribution in [1.29, 1.82) is 0 Å². The summed E-state index contributed by atoms with van der Waals surface area (Å²) in [5.41, 5.74) is 1.46. The van der Waals surface area contributed by atoms with E-state index in [0.29, 0.717) is 5.69 Å². The van der Waals surface area contributed by atoms with Gasteiger partial charge in [-0.15, -0.1) is 0 Å². The van der Waals surface area contributed by atoms with E-state index in [1.807, 2.05) is 19.4 Å². The van der Waals surface area contributed by atoms with Crippen LogP contribution < -0.4 is 5.32 Å². The number of carbonyl (C=O) groups excluding carboxylic acids is 1. The van der Waals surface area contributed by atoms with E-state index in [2.05, 4.69) is 17.2 Å². The largest absolute Gasteiger partial charge is 0.384 e. The predicted molar refractivity (Wildman–Crippen MR) is 78.4 cm³/mol. The van der Waals surface area contributed by atoms with Gasteiger partial charge in [0.15, 0.2) is 0 Å². The van der Waals surface area contributed by atoms with Crippen LogP contribution in [-0.2, 0) is 0 Å². The molecule has 1 heterocycles. The maximum absolute atomic E-state index is 12.0. The van der Waals surface area contributed by atoms with Crippen molar-refractivity contribution in [2.75, 3.05) is 37.5 Å². The Morgan fingerprint density at radius 3 is 2.83 bits per heavy atom. The number of thioether (sulfide) groups is 1. The van der Waals surface area contributed by atoms with Crippen LogP contribution in [0.1, 0.15) is 23.8 Å². The summed E-state index contributed by atoms with van der Waals surface area (Å²) in [7, 11) is 1.81. The zero-order chi connectivity index (χ0) is 13.4. The van der Waals surface area contributed by atoms with E-state index in [0.717, 1.165) is 31.0 Å². The summed E-state index contributed by atoms with van der Waals surface area (Å²) in [5, 5.41) is 3.23. The Labute approximate surface area is 113 Å². The van der Waals surface area contributed by atoms with Gasteiger partial charge >= 0.3 is 0 Å². The number of hydrogen-bond acceptors (Lipinski definition) is 4. The zero-order valence-electron chi connectivity index (χ0n) is 11.3. The SMILES string of the molecule is CCCNc1ccc(C(=O)N(C)CCSC)nc1. The molecule has 0 atom stereocenters. The van der Waals surface area contributed by atoms with Crippen LogP contribution in [0.4, 0.5) is 5.69 Å². The first kappa shape index (κ1) is 14.8. The molecule has 0 aromatic carbocycles. The van der Waals surface area contributed by atoms with Crippen LogP contribution in [0.5, 0.6) is 0 Å². The number of aromatic nitrogens is 1. The zero-order valence-corrected chi connectivity index (χ0v) is 12.1. The Kier molecular flexibility index (Phi) is 6.57. The second kappa shape index (κ2) is 7.97. The first-order chi connectivity index (χ1) is 8.69. The van der Waals surface area contributed by atoms with Crippen molar-refractivity contribution in [2.24, 2.45) is 0 Å². The van der Waals surface area contributed by atoms with Crippen molar-refractivity contribution in [3.8, 4) is 0 Å². The number of nitrogens with zero attached hydrogens (tertiary/aromatic N) is 2. The highest BCUT2D eigenvalue weighted by molar-refractivity contribution is 7.98. The third-order valence-electron chi connectivity index (χ3n) is 2.54. The molecule has 18 heavy (non-hydrogen) atoms. The fourth-order valence-electron chi connectivity index (χ4n) is 1.42. The van der Waals surface area contributed by atoms with Crippen LogP contribution in [0.3, 0.4) is 0 Å². The van der Waals surface area contributed by atoms with E-state index in [4.69, 9.17) is 0 Å². The Morgan fingerprint density at radius 2 is 2.28 bits per heavy atom. The maximum atomic E-state index is 12.0. The number of rotatable bonds is 7. The highest BCUT2D eigenvalue weighted by Gasteiger charge is 2.12. The molecule has 0 saturated carbocycles. The molecule has 1 N–H and O–H groups in total. The van der Waals surface area contributed by atoms with Crippen molar-refractivity contribution in [3.63, 3.8) is 0 Å². The molecule has 0 saturated heterocycles. The van der Waals surface area contributed by atoms with Crippen LogP contribution >= 0.6 is 11.8 Å². The average Bonchev–Trinajstić information content (AvgIpc) is 2.42. The average molecular weight is 267 g/mol. The lowest BCUT2D eigenvalue weighted by Crippen LogP contribution is -2.29. The van der Waals surface area contributed by atoms with E-state index in [-0.39, 0.29) is 5.91 Å². The van der Waals surface area contributed by atoms with E-state index < -0.39 is 0 Å². The standard InChI is InChI=1S/C13H21N3OS/c1-4-7-14-11-5-6-12(15-10-11)13(17)16(2)8-9-18-3/h5-6,10,14H,4,7-9H2,1-3H3. The highest BCUT2D eigenvalue weighted by Crippen LogP contribution is 2.08. The van der Waals surface area contributed by atoms with E-state index in [1.54, 1.807) is 28.9 Å². The second-order valence-corrected chi connectivity index (χ2v) is 5.06. The molecule has 0 aliphatic carbocycles. The molecule has 1 rings (SSSR count). The van der Waals surface area contributed by atoms with Crippen molar-refractivity contribution >= 4 is 23.4 Å². The smallest absolute Gasteiger partial charge is 0.272 e. The number of amides is 1. The molecule has 5 heteroatoms. The quantitative estimate of drug-likeness (QED) is 0.823. The number of anilines is 1. The fourth-order valence-corrected chi connectivity index (χ4v) is 1.88. The summed E-state index contributed by atoms with van der Waals surface area (Å²) in [6.45, 7) is 3.78. The lowest BCUT2D eigenvalue weighted by molar-refractivity contribution is 0.0798. The van der Waals surface area contributed by atoms with E-state index in [9.17, 15) is 4.79 Å². The first-order valence-corrected chi connectivity index (χ1v) is 7.52. The summed E-state index contributed by atoms with van der Waals surface area (Å²) < 4.78 is 0. The lowest BCUT2D eigenvalue weighted by atomic mass is 10.3. The van der Waals surface area contributed by atoms with Gasteiger partial charge in [-0.2, -0.15) is 11.8 Å². The Morgan fingerprint density at radius 1 is 1.50 bits per heavy atom. The molecule has 1 aromatic heterocycles. The predicted octanol–water partition coefficient (Wildman–Crippen LogP) is 2.34. The van der Waals surface area contributed by atoms with Gasteiger partial charge in [-0.1, -0.05) is 6.92 Å². The van der Waals surface area contributed by atoms with Gasteiger partial charge in [0, 0.05) is 25.9 Å². The van der Waals surface area contributed by atoms with Crippen LogP contribution in [0.15, 0.2) is 18.3 Å². The third-order valence-corrected chi connectivity index (χ3v) is 3.13. The fraction of sp³-hybridized carbons (Fsp3) is 0.538. The number of carbonyl (C=O) groups is 1. The van der Waals surface area contributed by atoms with E-state index in [1.165, 1.54) is 0 Å². The summed E-state index contributed by atoms with van der Waals surface area (Å²) >= 11 is 1.73. The van der Waals surface area contributed by atoms with Gasteiger partial charge in [0.2, 0.25) is 0 Å². The van der Waals surface area contributed by atoms with Crippen molar-refractivity contribution in [3.05, 3.63) is 24.0 Å². The number of pyridine rings is 1. The third kappa shape index (κ3) is 4.56. The monoisotopic (exact) mass is 267 g/mol. The first-order valence-electron chi connectivity index (χ1n) is 6.13. The van der Waals surface area contributed by atoms with Gasteiger partial charge in [-0.25, -0.2) is 4.98 Å². The van der Waals surface area contributed by atoms with Crippen molar-refractivity contribution in [2.45, 2.75) is 13.3 Å². The molecule has 1 aromatic rings. The number of nitrogens with one attached hydrogen (secondary N) is 1. The Balaban J connectivity index is 2.58. The summed E-state index contributed by atoms with van der Waals surface area (Å²) in [6.07, 6.45) is 4.81. The molecule has 0 aliphatic heterocycles. The van der Waals surface area contributed by atoms with Gasteiger partial charge in [-0.3, -0.25) is 4.79 Å². The second-order valence-electron chi connectivity index (χ2n) is 4.08. The minimum absolute atomic E-state index is 0.0221. The highest BCUT2D eigenvalue weighted by atomic mass is 32.2. The van der Waals surface area contributed by atoms with Gasteiger partial charge in [0.05, 0.1) is 11.9 Å². The van der Waals surface area contributed by atoms with E-state index >= 15 is 0 Å². The van der Waals surface area contributed by atoms with Gasteiger partial charge in [0.1, 0.15) is 5.69 Å². The van der Waals surface area contributed by atoms with Crippen LogP contribution in [-0.4, -0.2) is 47.9 Å². The molecule has 4 nitrogen and oxygen atoms in total. The molecule has 0 bridgehead atoms. The Hall–Kier alpha value is -1.23. The summed E-state index contributed by atoms with van der Waals surface area (Å²) in [5.74, 6) is 0.921. The lowest BCUT2D eigenvalue weighted by Gasteiger charge is -2.16. The normalized spacial score (nSPS) is 10.2. The maximum Gasteiger partial charge on any atom is 0.272 e. The van der Waals surface area contributed by atoms with Crippen LogP contribution in [0, 0.1) is 0 Å². The van der Waals surface area contributed by atoms with Crippen LogP contribution in [0.25, 0.3) is 0 Å². The molecule has 1 amide bonds. The molecular weight excluding hydrogens is 246 g/mol. The molecule has 0 unspecified atom stereocenters. The topological polar surface area (TPSA) is 45.2 Å². The van der Waals surface area contributed by atoms with Gasteiger partial charge < -0.3 is 10.2 Å². The summed E-state index contributed by atoms with van der Waals surface area (Å²) in [4.78, 5) is 17.9. The molecule has 100 valence electrons. The van der Waals surface area contributed by atoms with Gasteiger partial charge in [0.25, 0.3) is 5.91 Å². The molecular formula is C13H21N3OS. The minimum Gasteiger partial charge on any atom is -0.384 e. The molecule has 0 fully saturated rings. The van der Waals surface area contributed by atoms with Crippen molar-refractivity contribution < 1.29 is 4.79 Å². The minimum atomic E-state index is -0.0221. The molecule has 0 aliphatic rings. The number of hydrogen-bond donors (Lipinski definition) is 1. The molecule has 0 spiro atoms. The Bertz CT molecular complexity index is 367. The van der Waals surface area contributed by atoms with Crippen LogP contribution in [0.2, 0.25) is 0 Å². The van der Waals surface area contributed by atoms with Crippen molar-refractivity contribution in [1.82, 2.24) is 9.88 Å². The molecule has 0 radical (unpaired) electrons. The summed E-state index contributed by atoms with van der Waals surface area (Å²) in [6, 6.07) is 3.67.